The molecule has 1 aliphatic carbocycles. The molecule has 0 heterocycles. The maximum absolute atomic E-state index is 11.7. The summed E-state index contributed by atoms with van der Waals surface area (Å²) in [6, 6.07) is 7.77. The lowest BCUT2D eigenvalue weighted by atomic mass is 9.93. The quantitative estimate of drug-likeness (QED) is 0.793. The zero-order valence-electron chi connectivity index (χ0n) is 10.6. The van der Waals surface area contributed by atoms with Gasteiger partial charge in [-0.1, -0.05) is 0 Å². The Bertz CT molecular complexity index is 413. The predicted octanol–water partition coefficient (Wildman–Crippen LogP) is 2.09. The average Bonchev–Trinajstić information content (AvgIpc) is 2.41. The van der Waals surface area contributed by atoms with Gasteiger partial charge in [0.1, 0.15) is 5.75 Å². The summed E-state index contributed by atoms with van der Waals surface area (Å²) in [5.41, 5.74) is 0. The number of nitrogens with one attached hydrogen (secondary N) is 1. The molecule has 104 valence electrons. The van der Waals surface area contributed by atoms with E-state index in [1.165, 1.54) is 0 Å². The van der Waals surface area contributed by atoms with Crippen LogP contribution >= 0.6 is 22.6 Å². The van der Waals surface area contributed by atoms with Crippen molar-refractivity contribution < 1.29 is 14.6 Å². The minimum absolute atomic E-state index is 0.0413. The van der Waals surface area contributed by atoms with E-state index < -0.39 is 0 Å². The minimum atomic E-state index is -0.198. The SMILES string of the molecule is O=C(COc1ccc(I)cc1)NC1CCC(O)CC1. The Morgan fingerprint density at radius 2 is 1.89 bits per heavy atom. The lowest BCUT2D eigenvalue weighted by Gasteiger charge is -2.26. The Morgan fingerprint density at radius 1 is 1.26 bits per heavy atom. The summed E-state index contributed by atoms with van der Waals surface area (Å²) >= 11 is 2.22. The Kier molecular flexibility index (Phi) is 5.45. The summed E-state index contributed by atoms with van der Waals surface area (Å²) in [7, 11) is 0. The molecule has 1 saturated carbocycles. The highest BCUT2D eigenvalue weighted by Gasteiger charge is 2.20. The average molecular weight is 375 g/mol. The van der Waals surface area contributed by atoms with Gasteiger partial charge in [0.25, 0.3) is 5.91 Å². The molecule has 0 aliphatic heterocycles. The van der Waals surface area contributed by atoms with Gasteiger partial charge in [-0.3, -0.25) is 4.79 Å². The van der Waals surface area contributed by atoms with Crippen molar-refractivity contribution in [3.63, 3.8) is 0 Å². The van der Waals surface area contributed by atoms with Gasteiger partial charge in [0.15, 0.2) is 6.61 Å². The van der Waals surface area contributed by atoms with Gasteiger partial charge < -0.3 is 15.2 Å². The lowest BCUT2D eigenvalue weighted by molar-refractivity contribution is -0.124. The first-order valence-corrected chi connectivity index (χ1v) is 7.57. The molecule has 5 heteroatoms. The first-order chi connectivity index (χ1) is 9.13. The van der Waals surface area contributed by atoms with Crippen molar-refractivity contribution in [1.29, 1.82) is 0 Å². The topological polar surface area (TPSA) is 58.6 Å². The number of aliphatic hydroxyl groups excluding tert-OH is 1. The molecule has 0 saturated heterocycles. The zero-order chi connectivity index (χ0) is 13.7. The third kappa shape index (κ3) is 4.99. The van der Waals surface area contributed by atoms with Gasteiger partial charge >= 0.3 is 0 Å². The van der Waals surface area contributed by atoms with Crippen LogP contribution in [0.15, 0.2) is 24.3 Å². The molecule has 4 nitrogen and oxygen atoms in total. The van der Waals surface area contributed by atoms with Crippen LogP contribution in [-0.4, -0.2) is 29.8 Å². The van der Waals surface area contributed by atoms with E-state index in [0.717, 1.165) is 29.3 Å². The Balaban J connectivity index is 1.71. The predicted molar refractivity (Wildman–Crippen MR) is 81.1 cm³/mol. The summed E-state index contributed by atoms with van der Waals surface area (Å²) in [5.74, 6) is 0.606. The van der Waals surface area contributed by atoms with Gasteiger partial charge in [0, 0.05) is 9.61 Å². The van der Waals surface area contributed by atoms with Crippen molar-refractivity contribution in [3.8, 4) is 5.75 Å². The second-order valence-electron chi connectivity index (χ2n) is 4.82. The van der Waals surface area contributed by atoms with Gasteiger partial charge in [0.05, 0.1) is 6.10 Å². The van der Waals surface area contributed by atoms with Crippen molar-refractivity contribution in [3.05, 3.63) is 27.8 Å². The molecule has 0 unspecified atom stereocenters. The summed E-state index contributed by atoms with van der Waals surface area (Å²) in [6.45, 7) is 0.0413. The number of carbonyl (C=O) groups is 1. The van der Waals surface area contributed by atoms with E-state index in [4.69, 9.17) is 4.74 Å². The molecule has 2 N–H and O–H groups in total. The lowest BCUT2D eigenvalue weighted by Crippen LogP contribution is -2.40. The number of halogens is 1. The second-order valence-corrected chi connectivity index (χ2v) is 6.06. The standard InChI is InChI=1S/C14H18INO3/c15-10-1-7-13(8-2-10)19-9-14(18)16-11-3-5-12(17)6-4-11/h1-2,7-8,11-12,17H,3-6,9H2,(H,16,18). The maximum Gasteiger partial charge on any atom is 0.258 e. The number of amides is 1. The van der Waals surface area contributed by atoms with Crippen LogP contribution in [0.2, 0.25) is 0 Å². The third-order valence-electron chi connectivity index (χ3n) is 3.25. The smallest absolute Gasteiger partial charge is 0.258 e. The van der Waals surface area contributed by atoms with Crippen LogP contribution in [0.25, 0.3) is 0 Å². The number of hydrogen-bond acceptors (Lipinski definition) is 3. The van der Waals surface area contributed by atoms with Crippen molar-refractivity contribution in [1.82, 2.24) is 5.32 Å². The first kappa shape index (κ1) is 14.6. The van der Waals surface area contributed by atoms with Crippen LogP contribution in [0.4, 0.5) is 0 Å². The summed E-state index contributed by atoms with van der Waals surface area (Å²) in [6.07, 6.45) is 3.02. The van der Waals surface area contributed by atoms with E-state index in [9.17, 15) is 9.90 Å². The molecular formula is C14H18INO3. The maximum atomic E-state index is 11.7. The molecule has 0 bridgehead atoms. The molecule has 0 spiro atoms. The third-order valence-corrected chi connectivity index (χ3v) is 3.96. The molecule has 2 rings (SSSR count). The highest BCUT2D eigenvalue weighted by molar-refractivity contribution is 14.1. The highest BCUT2D eigenvalue weighted by atomic mass is 127. The van der Waals surface area contributed by atoms with Crippen LogP contribution in [-0.2, 0) is 4.79 Å². The number of hydrogen-bond donors (Lipinski definition) is 2. The Labute approximate surface area is 126 Å². The monoisotopic (exact) mass is 375 g/mol. The molecule has 1 aliphatic rings. The molecule has 1 amide bonds. The molecule has 1 fully saturated rings. The number of benzene rings is 1. The van der Waals surface area contributed by atoms with Crippen molar-refractivity contribution in [2.45, 2.75) is 37.8 Å². The van der Waals surface area contributed by atoms with Crippen LogP contribution in [0.5, 0.6) is 5.75 Å². The molecule has 0 aromatic heterocycles. The van der Waals surface area contributed by atoms with Crippen LogP contribution in [0, 0.1) is 3.57 Å². The number of ether oxygens (including phenoxy) is 1. The van der Waals surface area contributed by atoms with E-state index in [-0.39, 0.29) is 24.7 Å². The normalized spacial score (nSPS) is 22.8. The van der Waals surface area contributed by atoms with E-state index in [0.29, 0.717) is 5.75 Å². The highest BCUT2D eigenvalue weighted by Crippen LogP contribution is 2.18. The van der Waals surface area contributed by atoms with Crippen molar-refractivity contribution in [2.75, 3.05) is 6.61 Å². The number of rotatable bonds is 4. The van der Waals surface area contributed by atoms with Crippen LogP contribution in [0.3, 0.4) is 0 Å². The molecule has 0 radical (unpaired) electrons. The summed E-state index contributed by atoms with van der Waals surface area (Å²) in [5, 5.41) is 12.3. The summed E-state index contributed by atoms with van der Waals surface area (Å²) in [4.78, 5) is 11.7. The Morgan fingerprint density at radius 3 is 2.53 bits per heavy atom. The van der Waals surface area contributed by atoms with Crippen molar-refractivity contribution in [2.24, 2.45) is 0 Å². The fourth-order valence-corrected chi connectivity index (χ4v) is 2.53. The molecule has 1 aromatic rings. The molecule has 19 heavy (non-hydrogen) atoms. The minimum Gasteiger partial charge on any atom is -0.484 e. The van der Waals surface area contributed by atoms with Gasteiger partial charge in [-0.2, -0.15) is 0 Å². The second kappa shape index (κ2) is 7.09. The van der Waals surface area contributed by atoms with E-state index in [1.54, 1.807) is 0 Å². The van der Waals surface area contributed by atoms with Gasteiger partial charge in [-0.15, -0.1) is 0 Å². The fourth-order valence-electron chi connectivity index (χ4n) is 2.17. The number of aliphatic hydroxyl groups is 1. The molecule has 0 atom stereocenters. The summed E-state index contributed by atoms with van der Waals surface area (Å²) < 4.78 is 6.56. The zero-order valence-corrected chi connectivity index (χ0v) is 12.8. The molecule has 1 aromatic carbocycles. The van der Waals surface area contributed by atoms with Gasteiger partial charge in [0.2, 0.25) is 0 Å². The molecular weight excluding hydrogens is 357 g/mol. The first-order valence-electron chi connectivity index (χ1n) is 6.49. The van der Waals surface area contributed by atoms with E-state index in [1.807, 2.05) is 24.3 Å². The fraction of sp³-hybridized carbons (Fsp3) is 0.500. The largest absolute Gasteiger partial charge is 0.484 e. The van der Waals surface area contributed by atoms with Crippen LogP contribution in [0.1, 0.15) is 25.7 Å². The Hall–Kier alpha value is -0.820. The number of carbonyl (C=O) groups excluding carboxylic acids is 1. The van der Waals surface area contributed by atoms with Gasteiger partial charge in [-0.05, 0) is 72.5 Å². The van der Waals surface area contributed by atoms with Crippen molar-refractivity contribution >= 4 is 28.5 Å². The van der Waals surface area contributed by atoms with Crippen LogP contribution < -0.4 is 10.1 Å². The van der Waals surface area contributed by atoms with Gasteiger partial charge in [-0.25, -0.2) is 0 Å². The van der Waals surface area contributed by atoms with E-state index >= 15 is 0 Å². The van der Waals surface area contributed by atoms with E-state index in [2.05, 4.69) is 27.9 Å².